The van der Waals surface area contributed by atoms with Crippen LogP contribution in [0.3, 0.4) is 0 Å². The minimum Gasteiger partial charge on any atom is -0.496 e. The van der Waals surface area contributed by atoms with Gasteiger partial charge in [-0.3, -0.25) is 25.8 Å². The summed E-state index contributed by atoms with van der Waals surface area (Å²) in [4.78, 5) is 23.7. The number of amides is 2. The molecule has 0 bridgehead atoms. The van der Waals surface area contributed by atoms with E-state index in [1.165, 1.54) is 6.08 Å². The van der Waals surface area contributed by atoms with Crippen LogP contribution in [0, 0.1) is 6.92 Å². The highest BCUT2D eigenvalue weighted by molar-refractivity contribution is 7.80. The topological polar surface area (TPSA) is 88.7 Å². The summed E-state index contributed by atoms with van der Waals surface area (Å²) in [5, 5.41) is 2.38. The quantitative estimate of drug-likeness (QED) is 0.392. The molecule has 0 heterocycles. The first kappa shape index (κ1) is 20.9. The first-order valence-electron chi connectivity index (χ1n) is 8.38. The van der Waals surface area contributed by atoms with Crippen molar-refractivity contribution in [3.05, 3.63) is 65.7 Å². The normalized spacial score (nSPS) is 10.2. The van der Waals surface area contributed by atoms with E-state index < -0.39 is 11.8 Å². The summed E-state index contributed by atoms with van der Waals surface area (Å²) in [6, 6.07) is 14.6. The van der Waals surface area contributed by atoms with Crippen LogP contribution in [0.1, 0.15) is 11.1 Å². The van der Waals surface area contributed by atoms with Gasteiger partial charge < -0.3 is 9.47 Å². The van der Waals surface area contributed by atoms with Crippen molar-refractivity contribution in [2.45, 2.75) is 6.92 Å². The summed E-state index contributed by atoms with van der Waals surface area (Å²) >= 11 is 4.96. The fourth-order valence-corrected chi connectivity index (χ4v) is 2.25. The van der Waals surface area contributed by atoms with E-state index in [0.29, 0.717) is 11.5 Å². The highest BCUT2D eigenvalue weighted by Crippen LogP contribution is 2.18. The Morgan fingerprint density at radius 3 is 2.50 bits per heavy atom. The lowest BCUT2D eigenvalue weighted by Gasteiger charge is -2.10. The molecule has 0 atom stereocenters. The summed E-state index contributed by atoms with van der Waals surface area (Å²) in [7, 11) is 1.55. The molecule has 8 heteroatoms. The van der Waals surface area contributed by atoms with E-state index in [2.05, 4.69) is 16.2 Å². The van der Waals surface area contributed by atoms with Crippen LogP contribution < -0.4 is 25.6 Å². The Morgan fingerprint density at radius 2 is 1.79 bits per heavy atom. The Balaban J connectivity index is 1.72. The smallest absolute Gasteiger partial charge is 0.276 e. The van der Waals surface area contributed by atoms with Gasteiger partial charge in [0.1, 0.15) is 11.5 Å². The zero-order chi connectivity index (χ0) is 20.4. The predicted molar refractivity (Wildman–Crippen MR) is 111 cm³/mol. The first-order valence-corrected chi connectivity index (χ1v) is 8.79. The number of hydrogen-bond donors (Lipinski definition) is 3. The lowest BCUT2D eigenvalue weighted by Crippen LogP contribution is -2.49. The molecule has 28 heavy (non-hydrogen) atoms. The van der Waals surface area contributed by atoms with Crippen molar-refractivity contribution in [1.82, 2.24) is 16.2 Å². The van der Waals surface area contributed by atoms with E-state index in [-0.39, 0.29) is 11.7 Å². The number of para-hydroxylation sites is 1. The number of hydrazine groups is 1. The fourth-order valence-electron chi connectivity index (χ4n) is 2.10. The third kappa shape index (κ3) is 7.08. The molecule has 0 spiro atoms. The van der Waals surface area contributed by atoms with Crippen LogP contribution in [-0.4, -0.2) is 30.6 Å². The van der Waals surface area contributed by atoms with E-state index in [9.17, 15) is 9.59 Å². The number of aryl methyl sites for hydroxylation is 1. The molecule has 2 amide bonds. The van der Waals surface area contributed by atoms with Crippen molar-refractivity contribution in [3.63, 3.8) is 0 Å². The van der Waals surface area contributed by atoms with Crippen molar-refractivity contribution in [2.24, 2.45) is 0 Å². The zero-order valence-corrected chi connectivity index (χ0v) is 16.3. The molecule has 0 fully saturated rings. The minimum absolute atomic E-state index is 0.0432. The summed E-state index contributed by atoms with van der Waals surface area (Å²) in [5.74, 6) is 0.335. The van der Waals surface area contributed by atoms with E-state index in [0.717, 1.165) is 11.1 Å². The number of thiocarbonyl (C=S) groups is 1. The van der Waals surface area contributed by atoms with Gasteiger partial charge in [-0.25, -0.2) is 0 Å². The van der Waals surface area contributed by atoms with Crippen molar-refractivity contribution in [3.8, 4) is 11.5 Å². The zero-order valence-electron chi connectivity index (χ0n) is 15.5. The number of carbonyl (C=O) groups is 2. The monoisotopic (exact) mass is 399 g/mol. The van der Waals surface area contributed by atoms with Crippen molar-refractivity contribution < 1.29 is 19.1 Å². The maximum Gasteiger partial charge on any atom is 0.276 e. The molecule has 0 aliphatic rings. The number of rotatable bonds is 6. The Kier molecular flexibility index (Phi) is 7.98. The van der Waals surface area contributed by atoms with Gasteiger partial charge >= 0.3 is 0 Å². The highest BCUT2D eigenvalue weighted by Gasteiger charge is 2.05. The second-order valence-electron chi connectivity index (χ2n) is 5.67. The number of carbonyl (C=O) groups excluding carboxylic acids is 2. The van der Waals surface area contributed by atoms with Crippen molar-refractivity contribution in [2.75, 3.05) is 13.7 Å². The SMILES string of the molecule is COc1ccccc1C=CC(=O)NC(=S)NNC(=O)COc1ccc(C)cc1. The predicted octanol–water partition coefficient (Wildman–Crippen LogP) is 2.12. The van der Waals surface area contributed by atoms with E-state index in [1.54, 1.807) is 31.4 Å². The van der Waals surface area contributed by atoms with Gasteiger partial charge in [-0.1, -0.05) is 35.9 Å². The Bertz CT molecular complexity index is 866. The Hall–Kier alpha value is -3.39. The van der Waals surface area contributed by atoms with E-state index in [1.807, 2.05) is 37.3 Å². The van der Waals surface area contributed by atoms with E-state index in [4.69, 9.17) is 21.7 Å². The summed E-state index contributed by atoms with van der Waals surface area (Å²) in [6.07, 6.45) is 2.92. The molecule has 0 saturated heterocycles. The second-order valence-corrected chi connectivity index (χ2v) is 6.08. The average Bonchev–Trinajstić information content (AvgIpc) is 2.70. The molecule has 0 saturated carbocycles. The summed E-state index contributed by atoms with van der Waals surface area (Å²) in [6.45, 7) is 1.77. The van der Waals surface area contributed by atoms with Crippen LogP contribution in [0.25, 0.3) is 6.08 Å². The molecule has 0 aliphatic heterocycles. The number of hydrogen-bond acceptors (Lipinski definition) is 5. The molecule has 2 aromatic carbocycles. The fraction of sp³-hybridized carbons (Fsp3) is 0.150. The molecule has 0 aliphatic carbocycles. The van der Waals surface area contributed by atoms with Gasteiger partial charge in [0, 0.05) is 11.6 Å². The summed E-state index contributed by atoms with van der Waals surface area (Å²) < 4.78 is 10.5. The van der Waals surface area contributed by atoms with Crippen LogP contribution in [0.4, 0.5) is 0 Å². The van der Waals surface area contributed by atoms with Crippen LogP contribution >= 0.6 is 12.2 Å². The van der Waals surface area contributed by atoms with Gasteiger partial charge in [0.25, 0.3) is 5.91 Å². The number of benzene rings is 2. The third-order valence-corrected chi connectivity index (χ3v) is 3.70. The maximum absolute atomic E-state index is 11.9. The molecule has 2 rings (SSSR count). The molecule has 146 valence electrons. The largest absolute Gasteiger partial charge is 0.496 e. The number of ether oxygens (including phenoxy) is 2. The van der Waals surface area contributed by atoms with Crippen LogP contribution in [0.15, 0.2) is 54.6 Å². The molecular formula is C20H21N3O4S. The second kappa shape index (κ2) is 10.7. The maximum atomic E-state index is 11.9. The van der Waals surface area contributed by atoms with Crippen molar-refractivity contribution in [1.29, 1.82) is 0 Å². The molecular weight excluding hydrogens is 378 g/mol. The number of methoxy groups -OCH3 is 1. The average molecular weight is 399 g/mol. The van der Waals surface area contributed by atoms with E-state index >= 15 is 0 Å². The van der Waals surface area contributed by atoms with Gasteiger partial charge in [-0.15, -0.1) is 0 Å². The number of nitrogens with one attached hydrogen (secondary N) is 3. The van der Waals surface area contributed by atoms with Gasteiger partial charge in [-0.2, -0.15) is 0 Å². The Morgan fingerprint density at radius 1 is 1.07 bits per heavy atom. The van der Waals surface area contributed by atoms with Crippen LogP contribution in [0.5, 0.6) is 11.5 Å². The van der Waals surface area contributed by atoms with Gasteiger partial charge in [-0.05, 0) is 43.4 Å². The van der Waals surface area contributed by atoms with Crippen LogP contribution in [-0.2, 0) is 9.59 Å². The summed E-state index contributed by atoms with van der Waals surface area (Å²) in [5.41, 5.74) is 6.64. The van der Waals surface area contributed by atoms with Crippen molar-refractivity contribution >= 4 is 35.2 Å². The molecule has 0 aromatic heterocycles. The molecule has 2 aromatic rings. The third-order valence-electron chi connectivity index (χ3n) is 3.50. The molecule has 3 N–H and O–H groups in total. The molecule has 0 radical (unpaired) electrons. The Labute approximate surface area is 168 Å². The molecule has 0 unspecified atom stereocenters. The highest BCUT2D eigenvalue weighted by atomic mass is 32.1. The lowest BCUT2D eigenvalue weighted by atomic mass is 10.2. The standard InChI is InChI=1S/C20H21N3O4S/c1-14-7-10-16(11-8-14)27-13-19(25)22-23-20(28)21-18(24)12-9-15-5-3-4-6-17(15)26-2/h3-12H,13H2,1-2H3,(H,22,25)(H2,21,23,24,28). The minimum atomic E-state index is -0.450. The van der Waals surface area contributed by atoms with Gasteiger partial charge in [0.2, 0.25) is 5.91 Å². The van der Waals surface area contributed by atoms with Crippen LogP contribution in [0.2, 0.25) is 0 Å². The van der Waals surface area contributed by atoms with Gasteiger partial charge in [0.15, 0.2) is 11.7 Å². The molecule has 7 nitrogen and oxygen atoms in total. The lowest BCUT2D eigenvalue weighted by molar-refractivity contribution is -0.123. The first-order chi connectivity index (χ1) is 13.5. The van der Waals surface area contributed by atoms with Gasteiger partial charge in [0.05, 0.1) is 7.11 Å².